The van der Waals surface area contributed by atoms with E-state index in [2.05, 4.69) is 20.8 Å². The molecule has 1 aromatic rings. The molecule has 0 aromatic heterocycles. The van der Waals surface area contributed by atoms with Gasteiger partial charge in [-0.05, 0) is 16.5 Å². The number of alkyl halides is 2. The molecule has 2 nitrogen and oxygen atoms in total. The summed E-state index contributed by atoms with van der Waals surface area (Å²) in [4.78, 5) is 0. The molecule has 0 heterocycles. The molecule has 4 heteroatoms. The van der Waals surface area contributed by atoms with Crippen molar-refractivity contribution in [1.82, 2.24) is 0 Å². The first kappa shape index (κ1) is 15.1. The third kappa shape index (κ3) is 4.70. The highest BCUT2D eigenvalue weighted by Crippen LogP contribution is 2.23. The van der Waals surface area contributed by atoms with Gasteiger partial charge in [0.05, 0.1) is 12.6 Å². The molecule has 0 aliphatic rings. The molecule has 0 saturated heterocycles. The first-order valence-electron chi connectivity index (χ1n) is 6.02. The molecule has 0 spiro atoms. The maximum atomic E-state index is 11.9. The van der Waals surface area contributed by atoms with Crippen molar-refractivity contribution in [3.05, 3.63) is 35.4 Å². The summed E-state index contributed by atoms with van der Waals surface area (Å²) >= 11 is 0. The Kier molecular flexibility index (Phi) is 5.23. The maximum Gasteiger partial charge on any atom is 0.261 e. The molecule has 1 aromatic carbocycles. The van der Waals surface area contributed by atoms with E-state index >= 15 is 0 Å². The highest BCUT2D eigenvalue weighted by atomic mass is 19.3. The number of nitrogens with two attached hydrogens (primary N) is 1. The zero-order valence-corrected chi connectivity index (χ0v) is 11.1. The third-order valence-electron chi connectivity index (χ3n) is 2.75. The molecule has 18 heavy (non-hydrogen) atoms. The van der Waals surface area contributed by atoms with Crippen LogP contribution in [-0.2, 0) is 10.2 Å². The Hall–Kier alpha value is -1.00. The quantitative estimate of drug-likeness (QED) is 0.878. The summed E-state index contributed by atoms with van der Waals surface area (Å²) in [6.07, 6.45) is -2.44. The number of halogens is 2. The van der Waals surface area contributed by atoms with E-state index < -0.39 is 13.0 Å². The number of hydrogen-bond donors (Lipinski definition) is 1. The zero-order valence-electron chi connectivity index (χ0n) is 11.1. The SMILES string of the molecule is CC(C)(C)c1ccc(C(N)COCC(F)F)cc1. The summed E-state index contributed by atoms with van der Waals surface area (Å²) in [5.74, 6) is 0. The molecule has 0 radical (unpaired) electrons. The monoisotopic (exact) mass is 257 g/mol. The topological polar surface area (TPSA) is 35.2 Å². The fourth-order valence-electron chi connectivity index (χ4n) is 1.61. The maximum absolute atomic E-state index is 11.9. The van der Waals surface area contributed by atoms with Crippen molar-refractivity contribution < 1.29 is 13.5 Å². The molecule has 0 saturated carbocycles. The fraction of sp³-hybridized carbons (Fsp3) is 0.571. The van der Waals surface area contributed by atoms with E-state index in [1.807, 2.05) is 24.3 Å². The molecule has 1 atom stereocenters. The largest absolute Gasteiger partial charge is 0.374 e. The molecular weight excluding hydrogens is 236 g/mol. The van der Waals surface area contributed by atoms with Crippen LogP contribution >= 0.6 is 0 Å². The summed E-state index contributed by atoms with van der Waals surface area (Å²) in [5.41, 5.74) is 8.08. The van der Waals surface area contributed by atoms with Gasteiger partial charge in [-0.15, -0.1) is 0 Å². The van der Waals surface area contributed by atoms with E-state index in [1.165, 1.54) is 5.56 Å². The van der Waals surface area contributed by atoms with Crippen molar-refractivity contribution in [3.8, 4) is 0 Å². The fourth-order valence-corrected chi connectivity index (χ4v) is 1.61. The van der Waals surface area contributed by atoms with Crippen molar-refractivity contribution >= 4 is 0 Å². The molecule has 0 fully saturated rings. The zero-order chi connectivity index (χ0) is 13.8. The van der Waals surface area contributed by atoms with Crippen LogP contribution in [0.1, 0.15) is 37.9 Å². The van der Waals surface area contributed by atoms with Gasteiger partial charge in [0.1, 0.15) is 6.61 Å². The van der Waals surface area contributed by atoms with Gasteiger partial charge in [0.25, 0.3) is 6.43 Å². The standard InChI is InChI=1S/C14H21F2NO/c1-14(2,3)11-6-4-10(5-7-11)12(17)8-18-9-13(15)16/h4-7,12-13H,8-9,17H2,1-3H3. The van der Waals surface area contributed by atoms with Crippen molar-refractivity contribution in [2.45, 2.75) is 38.7 Å². The summed E-state index contributed by atoms with van der Waals surface area (Å²) < 4.78 is 28.6. The summed E-state index contributed by atoms with van der Waals surface area (Å²) in [6, 6.07) is 7.52. The molecule has 0 amide bonds. The third-order valence-corrected chi connectivity index (χ3v) is 2.75. The van der Waals surface area contributed by atoms with Gasteiger partial charge in [0, 0.05) is 0 Å². The minimum atomic E-state index is -2.44. The van der Waals surface area contributed by atoms with Crippen LogP contribution in [0.4, 0.5) is 8.78 Å². The summed E-state index contributed by atoms with van der Waals surface area (Å²) in [7, 11) is 0. The van der Waals surface area contributed by atoms with Crippen molar-refractivity contribution in [3.63, 3.8) is 0 Å². The Morgan fingerprint density at radius 3 is 2.11 bits per heavy atom. The Morgan fingerprint density at radius 1 is 1.11 bits per heavy atom. The van der Waals surface area contributed by atoms with E-state index in [-0.39, 0.29) is 18.1 Å². The van der Waals surface area contributed by atoms with Crippen LogP contribution in [0.2, 0.25) is 0 Å². The van der Waals surface area contributed by atoms with Gasteiger partial charge >= 0.3 is 0 Å². The molecule has 1 unspecified atom stereocenters. The lowest BCUT2D eigenvalue weighted by Gasteiger charge is -2.20. The predicted molar refractivity (Wildman–Crippen MR) is 68.9 cm³/mol. The van der Waals surface area contributed by atoms with Gasteiger partial charge in [-0.3, -0.25) is 0 Å². The second kappa shape index (κ2) is 6.25. The van der Waals surface area contributed by atoms with Gasteiger partial charge in [-0.25, -0.2) is 8.78 Å². The normalized spacial score (nSPS) is 13.9. The number of ether oxygens (including phenoxy) is 1. The smallest absolute Gasteiger partial charge is 0.261 e. The van der Waals surface area contributed by atoms with Gasteiger partial charge in [0.2, 0.25) is 0 Å². The molecular formula is C14H21F2NO. The first-order chi connectivity index (χ1) is 8.30. The lowest BCUT2D eigenvalue weighted by molar-refractivity contribution is 0.0125. The van der Waals surface area contributed by atoms with Crippen molar-refractivity contribution in [2.75, 3.05) is 13.2 Å². The van der Waals surface area contributed by atoms with Crippen LogP contribution in [0.5, 0.6) is 0 Å². The lowest BCUT2D eigenvalue weighted by atomic mass is 9.86. The minimum absolute atomic E-state index is 0.0921. The van der Waals surface area contributed by atoms with Gasteiger partial charge in [-0.1, -0.05) is 45.0 Å². The highest BCUT2D eigenvalue weighted by molar-refractivity contribution is 5.29. The summed E-state index contributed by atoms with van der Waals surface area (Å²) in [6.45, 7) is 5.95. The number of rotatable bonds is 5. The van der Waals surface area contributed by atoms with Crippen LogP contribution in [0.3, 0.4) is 0 Å². The highest BCUT2D eigenvalue weighted by Gasteiger charge is 2.14. The van der Waals surface area contributed by atoms with Gasteiger partial charge in [-0.2, -0.15) is 0 Å². The van der Waals surface area contributed by atoms with E-state index in [4.69, 9.17) is 10.5 Å². The molecule has 0 bridgehead atoms. The number of hydrogen-bond acceptors (Lipinski definition) is 2. The van der Waals surface area contributed by atoms with E-state index in [0.29, 0.717) is 0 Å². The Labute approximate surface area is 107 Å². The van der Waals surface area contributed by atoms with Crippen LogP contribution in [-0.4, -0.2) is 19.6 Å². The van der Waals surface area contributed by atoms with Gasteiger partial charge < -0.3 is 10.5 Å². The lowest BCUT2D eigenvalue weighted by Crippen LogP contribution is -2.19. The van der Waals surface area contributed by atoms with Crippen LogP contribution in [0.25, 0.3) is 0 Å². The summed E-state index contributed by atoms with van der Waals surface area (Å²) in [5, 5.41) is 0. The van der Waals surface area contributed by atoms with Gasteiger partial charge in [0.15, 0.2) is 0 Å². The van der Waals surface area contributed by atoms with Crippen molar-refractivity contribution in [1.29, 1.82) is 0 Å². The Morgan fingerprint density at radius 2 is 1.67 bits per heavy atom. The molecule has 2 N–H and O–H groups in total. The van der Waals surface area contributed by atoms with E-state index in [9.17, 15) is 8.78 Å². The first-order valence-corrected chi connectivity index (χ1v) is 6.02. The average molecular weight is 257 g/mol. The Bertz CT molecular complexity index is 357. The van der Waals surface area contributed by atoms with Crippen LogP contribution in [0, 0.1) is 0 Å². The molecule has 0 aliphatic carbocycles. The molecule has 1 rings (SSSR count). The predicted octanol–water partition coefficient (Wildman–Crippen LogP) is 3.27. The minimum Gasteiger partial charge on any atom is -0.374 e. The second-order valence-corrected chi connectivity index (χ2v) is 5.41. The molecule has 102 valence electrons. The van der Waals surface area contributed by atoms with Crippen molar-refractivity contribution in [2.24, 2.45) is 5.73 Å². The number of benzene rings is 1. The average Bonchev–Trinajstić information content (AvgIpc) is 2.27. The van der Waals surface area contributed by atoms with Crippen LogP contribution in [0.15, 0.2) is 24.3 Å². The second-order valence-electron chi connectivity index (χ2n) is 5.41. The van der Waals surface area contributed by atoms with E-state index in [0.717, 1.165) is 5.56 Å². The molecule has 0 aliphatic heterocycles. The van der Waals surface area contributed by atoms with E-state index in [1.54, 1.807) is 0 Å². The van der Waals surface area contributed by atoms with Crippen LogP contribution < -0.4 is 5.73 Å². The Balaban J connectivity index is 2.56.